The molecule has 1 aliphatic heterocycles. The first-order valence-electron chi connectivity index (χ1n) is 30.3. The summed E-state index contributed by atoms with van der Waals surface area (Å²) < 4.78 is 42.8. The predicted octanol–water partition coefficient (Wildman–Crippen LogP) is 12.8. The molecule has 2 amide bonds. The Hall–Kier alpha value is -11.2. The van der Waals surface area contributed by atoms with Crippen molar-refractivity contribution in [2.75, 3.05) is 55.4 Å². The number of halogens is 2. The van der Waals surface area contributed by atoms with E-state index in [1.807, 2.05) is 45.2 Å². The lowest BCUT2D eigenvalue weighted by Gasteiger charge is -2.19. The highest BCUT2D eigenvalue weighted by Gasteiger charge is 2.25. The molecule has 6 aromatic heterocycles. The van der Waals surface area contributed by atoms with Crippen LogP contribution in [0.2, 0.25) is 0 Å². The Bertz CT molecular complexity index is 4500. The largest absolute Gasteiger partial charge is 0.496 e. The van der Waals surface area contributed by atoms with Gasteiger partial charge in [0.15, 0.2) is 0 Å². The summed E-state index contributed by atoms with van der Waals surface area (Å²) in [5.41, 5.74) is 9.57. The van der Waals surface area contributed by atoms with Gasteiger partial charge >= 0.3 is 18.3 Å². The number of ketones is 1. The third-order valence-corrected chi connectivity index (χ3v) is 14.1. The van der Waals surface area contributed by atoms with Crippen LogP contribution in [0.1, 0.15) is 99.9 Å². The fourth-order valence-corrected chi connectivity index (χ4v) is 9.88. The average molecular weight is 1500 g/mol. The van der Waals surface area contributed by atoms with Crippen LogP contribution in [0.5, 0.6) is 23.0 Å². The highest BCUT2D eigenvalue weighted by molar-refractivity contribution is 9.11. The van der Waals surface area contributed by atoms with Crippen molar-refractivity contribution in [1.29, 1.82) is 0 Å². The topological polar surface area (TPSA) is 384 Å². The van der Waals surface area contributed by atoms with Gasteiger partial charge < -0.3 is 60.2 Å². The molecule has 0 atom stereocenters. The number of hydrogen-bond acceptors (Lipinski definition) is 26. The smallest absolute Gasteiger partial charge is 0.435 e. The van der Waals surface area contributed by atoms with Crippen LogP contribution in [0.15, 0.2) is 118 Å². The van der Waals surface area contributed by atoms with Crippen LogP contribution in [0.4, 0.5) is 54.8 Å². The van der Waals surface area contributed by atoms with Crippen molar-refractivity contribution in [3.05, 3.63) is 130 Å². The van der Waals surface area contributed by atoms with Gasteiger partial charge in [-0.15, -0.1) is 0 Å². The second-order valence-electron chi connectivity index (χ2n) is 24.5. The molecule has 0 saturated heterocycles. The average Bonchev–Trinajstić information content (AvgIpc) is 1.63. The number of aromatic nitrogens is 12. The Morgan fingerprint density at radius 3 is 1.25 bits per heavy atom. The molecule has 526 valence electrons. The number of benzene rings is 4. The Morgan fingerprint density at radius 1 is 0.480 bits per heavy atom. The van der Waals surface area contributed by atoms with Crippen molar-refractivity contribution in [2.45, 2.75) is 113 Å². The lowest BCUT2D eigenvalue weighted by molar-refractivity contribution is -0.116. The number of nitrogens with two attached hydrogens (primary N) is 1. The molecule has 0 bridgehead atoms. The SMILES string of the molecule is CC(=O)Cc1cc(N)ncn1.COc1cc2c(cc1Br)C=NC2.COc1cc2c(cnn2C(=O)OC(C)(C)C)cc1Br.COc1cc2c(cnn2C(=O)OC(C)(C)C)cc1Nc1cc(NC(C)=O)ncn1.COc1cc2c(cnn2C(=O)OC(C)(C)C)cc1Nc1cc(NC(C)=O)ncn1. The van der Waals surface area contributed by atoms with E-state index in [0.717, 1.165) is 26.6 Å². The van der Waals surface area contributed by atoms with Gasteiger partial charge in [-0.1, -0.05) is 0 Å². The van der Waals surface area contributed by atoms with Gasteiger partial charge in [-0.3, -0.25) is 19.4 Å². The zero-order valence-corrected chi connectivity index (χ0v) is 60.9. The second kappa shape index (κ2) is 33.4. The monoisotopic (exact) mass is 1500 g/mol. The molecule has 0 fully saturated rings. The first-order chi connectivity index (χ1) is 47.1. The van der Waals surface area contributed by atoms with Crippen LogP contribution in [0.3, 0.4) is 0 Å². The summed E-state index contributed by atoms with van der Waals surface area (Å²) in [6.07, 6.45) is 9.31. The van der Waals surface area contributed by atoms with Crippen LogP contribution in [-0.2, 0) is 41.6 Å². The van der Waals surface area contributed by atoms with Gasteiger partial charge in [-0.2, -0.15) is 29.3 Å². The molecule has 0 spiro atoms. The van der Waals surface area contributed by atoms with Gasteiger partial charge in [-0.05, 0) is 143 Å². The molecular formula is C67H76Br2N18O13. The number of aliphatic imine (C=N–C) groups is 1. The van der Waals surface area contributed by atoms with Crippen LogP contribution < -0.4 is 45.9 Å². The summed E-state index contributed by atoms with van der Waals surface area (Å²) in [6, 6.07) is 19.4. The highest BCUT2D eigenvalue weighted by Crippen LogP contribution is 2.36. The van der Waals surface area contributed by atoms with Crippen molar-refractivity contribution in [3.63, 3.8) is 0 Å². The number of methoxy groups -OCH3 is 4. The number of anilines is 7. The van der Waals surface area contributed by atoms with E-state index in [0.29, 0.717) is 97.1 Å². The van der Waals surface area contributed by atoms with Gasteiger partial charge in [0.1, 0.15) is 93.7 Å². The summed E-state index contributed by atoms with van der Waals surface area (Å²) >= 11 is 6.82. The predicted molar refractivity (Wildman–Crippen MR) is 384 cm³/mol. The third-order valence-electron chi connectivity index (χ3n) is 12.9. The number of Topliss-reactive ketones (excluding diaryl/α,β-unsaturated/α-hetero) is 1. The number of rotatable bonds is 12. The Labute approximate surface area is 591 Å². The Balaban J connectivity index is 0.000000184. The van der Waals surface area contributed by atoms with Crippen LogP contribution in [-0.4, -0.2) is 147 Å². The minimum Gasteiger partial charge on any atom is -0.496 e. The third kappa shape index (κ3) is 21.9. The maximum absolute atomic E-state index is 12.4. The first kappa shape index (κ1) is 76.2. The van der Waals surface area contributed by atoms with Crippen LogP contribution in [0, 0.1) is 0 Å². The van der Waals surface area contributed by atoms with E-state index in [-0.39, 0.29) is 17.6 Å². The summed E-state index contributed by atoms with van der Waals surface area (Å²) in [7, 11) is 6.27. The number of nitrogens with zero attached hydrogens (tertiary/aromatic N) is 13. The number of ether oxygens (including phenoxy) is 7. The number of hydrogen-bond donors (Lipinski definition) is 5. The van der Waals surface area contributed by atoms with Gasteiger partial charge in [0.25, 0.3) is 0 Å². The van der Waals surface area contributed by atoms with Gasteiger partial charge in [0.05, 0.1) is 96.1 Å². The van der Waals surface area contributed by atoms with Crippen molar-refractivity contribution in [2.24, 2.45) is 4.99 Å². The number of amides is 2. The highest BCUT2D eigenvalue weighted by atomic mass is 79.9. The molecule has 33 heteroatoms. The molecule has 4 aromatic carbocycles. The normalized spacial score (nSPS) is 11.3. The van der Waals surface area contributed by atoms with E-state index >= 15 is 0 Å². The summed E-state index contributed by atoms with van der Waals surface area (Å²) in [5.74, 6) is 4.12. The number of nitrogens with one attached hydrogen (secondary N) is 4. The maximum Gasteiger partial charge on any atom is 0.435 e. The number of carbonyl (C=O) groups is 6. The van der Waals surface area contributed by atoms with E-state index in [2.05, 4.69) is 103 Å². The van der Waals surface area contributed by atoms with E-state index in [1.54, 1.807) is 123 Å². The maximum atomic E-state index is 12.4. The molecular weight excluding hydrogens is 1420 g/mol. The van der Waals surface area contributed by atoms with Crippen LogP contribution >= 0.6 is 31.9 Å². The molecule has 11 rings (SSSR count). The number of nitrogen functional groups attached to an aromatic ring is 1. The Morgan fingerprint density at radius 2 is 0.860 bits per heavy atom. The number of fused-ring (bicyclic) bond motifs is 4. The fraction of sp³-hybridized carbons (Fsp3) is 0.313. The lowest BCUT2D eigenvalue weighted by Crippen LogP contribution is -2.27. The van der Waals surface area contributed by atoms with Gasteiger partial charge in [-0.25, -0.2) is 44.3 Å². The van der Waals surface area contributed by atoms with Crippen molar-refractivity contribution >= 4 is 147 Å². The van der Waals surface area contributed by atoms with Gasteiger partial charge in [0.2, 0.25) is 11.8 Å². The fourth-order valence-electron chi connectivity index (χ4n) is 8.84. The van der Waals surface area contributed by atoms with E-state index < -0.39 is 35.1 Å². The van der Waals surface area contributed by atoms with Crippen molar-refractivity contribution in [1.82, 2.24) is 59.2 Å². The van der Waals surface area contributed by atoms with E-state index in [1.165, 1.54) is 79.1 Å². The molecule has 6 N–H and O–H groups in total. The molecule has 31 nitrogen and oxygen atoms in total. The molecule has 0 saturated carbocycles. The molecule has 10 aromatic rings. The lowest BCUT2D eigenvalue weighted by atomic mass is 10.1. The molecule has 100 heavy (non-hydrogen) atoms. The Kier molecular flexibility index (Phi) is 25.4. The van der Waals surface area contributed by atoms with Crippen molar-refractivity contribution < 1.29 is 61.9 Å². The van der Waals surface area contributed by atoms with Crippen molar-refractivity contribution in [3.8, 4) is 23.0 Å². The van der Waals surface area contributed by atoms with E-state index in [9.17, 15) is 28.8 Å². The zero-order valence-electron chi connectivity index (χ0n) is 57.8. The van der Waals surface area contributed by atoms with E-state index in [4.69, 9.17) is 38.9 Å². The quantitative estimate of drug-likeness (QED) is 0.0709. The standard InChI is InChI=1S/2C19H22N6O4.C13H15BrN2O3.C9H8BrNO.C7H9N3O/c2*1-11(26)23-16-8-17(21-10-20-16)24-13-6-12-9-22-25(14(12)7-15(13)28-5)18(27)29-19(2,3)4;1-13(2,3)19-12(17)16-10-6-11(18-4)9(14)5-8(10)7-15-16;1-12-9-3-7-5-11-4-6(7)2-8(9)10;1-5(11)2-6-3-7(8)10-4-9-6/h2*6-10H,1-5H3,(H2,20,21,23,24,26);5-7H,1-4H3;2-4H,5H2,1H3;3-4H,2H2,1H3,(H2,8,9,10). The summed E-state index contributed by atoms with van der Waals surface area (Å²) in [4.78, 5) is 97.9. The molecule has 7 heterocycles. The zero-order chi connectivity index (χ0) is 73.4. The second-order valence-corrected chi connectivity index (χ2v) is 26.2. The molecule has 0 aliphatic carbocycles. The van der Waals surface area contributed by atoms with Crippen LogP contribution in [0.25, 0.3) is 32.7 Å². The minimum absolute atomic E-state index is 0.0723. The number of carbonyl (C=O) groups excluding carboxylic acids is 6. The van der Waals surface area contributed by atoms with Gasteiger partial charge in [0, 0.05) is 79.0 Å². The molecule has 0 unspecified atom stereocenters. The summed E-state index contributed by atoms with van der Waals surface area (Å²) in [5, 5.41) is 26.0. The molecule has 0 radical (unpaired) electrons. The molecule has 1 aliphatic rings. The minimum atomic E-state index is -0.639. The first-order valence-corrected chi connectivity index (χ1v) is 31.9. The summed E-state index contributed by atoms with van der Waals surface area (Å²) in [6.45, 7) is 21.3.